The first kappa shape index (κ1) is 18.6. The van der Waals surface area contributed by atoms with Crippen molar-refractivity contribution < 1.29 is 14.3 Å². The molecule has 0 radical (unpaired) electrons. The Morgan fingerprint density at radius 3 is 2.64 bits per heavy atom. The zero-order chi connectivity index (χ0) is 18.2. The van der Waals surface area contributed by atoms with Gasteiger partial charge >= 0.3 is 0 Å². The highest BCUT2D eigenvalue weighted by atomic mass is 16.5. The van der Waals surface area contributed by atoms with E-state index in [1.807, 2.05) is 32.0 Å². The number of anilines is 1. The summed E-state index contributed by atoms with van der Waals surface area (Å²) < 4.78 is 4.93. The van der Waals surface area contributed by atoms with Gasteiger partial charge in [-0.1, -0.05) is 17.7 Å². The number of benzene rings is 1. The molecule has 1 aromatic carbocycles. The van der Waals surface area contributed by atoms with Crippen LogP contribution in [0.25, 0.3) is 0 Å². The van der Waals surface area contributed by atoms with E-state index in [1.54, 1.807) is 13.2 Å². The number of hydrogen-bond donors (Lipinski definition) is 2. The van der Waals surface area contributed by atoms with Crippen LogP contribution in [0.5, 0.6) is 0 Å². The van der Waals surface area contributed by atoms with Crippen molar-refractivity contribution in [3.05, 3.63) is 58.9 Å². The van der Waals surface area contributed by atoms with Crippen LogP contribution in [-0.4, -0.2) is 37.1 Å². The molecule has 2 aromatic rings. The van der Waals surface area contributed by atoms with Crippen LogP contribution in [-0.2, 0) is 4.74 Å². The average Bonchev–Trinajstić information content (AvgIpc) is 2.61. The lowest BCUT2D eigenvalue weighted by molar-refractivity contribution is 0.0943. The predicted octanol–water partition coefficient (Wildman–Crippen LogP) is 2.72. The van der Waals surface area contributed by atoms with E-state index in [0.717, 1.165) is 23.2 Å². The summed E-state index contributed by atoms with van der Waals surface area (Å²) in [7, 11) is 1.61. The van der Waals surface area contributed by atoms with Crippen molar-refractivity contribution in [3.63, 3.8) is 0 Å². The smallest absolute Gasteiger partial charge is 0.269 e. The Labute approximate surface area is 147 Å². The van der Waals surface area contributed by atoms with Crippen LogP contribution in [0.3, 0.4) is 0 Å². The number of aromatic nitrogens is 1. The van der Waals surface area contributed by atoms with Gasteiger partial charge < -0.3 is 15.4 Å². The standard InChI is InChI=1S/C19H23N3O3/c1-13-5-6-16(14(2)11-13)22-18(23)15-7-9-20-17(12-15)19(24)21-8-4-10-25-3/h5-7,9,11-12H,4,8,10H2,1-3H3,(H,21,24)(H,22,23). The van der Waals surface area contributed by atoms with Gasteiger partial charge in [0, 0.05) is 37.7 Å². The van der Waals surface area contributed by atoms with Crippen molar-refractivity contribution in [2.75, 3.05) is 25.6 Å². The van der Waals surface area contributed by atoms with Crippen LogP contribution in [0.1, 0.15) is 38.4 Å². The molecule has 1 heterocycles. The van der Waals surface area contributed by atoms with Crippen LogP contribution >= 0.6 is 0 Å². The number of carbonyl (C=O) groups excluding carboxylic acids is 2. The quantitative estimate of drug-likeness (QED) is 0.759. The van der Waals surface area contributed by atoms with E-state index in [4.69, 9.17) is 4.74 Å². The second-order valence-corrected chi connectivity index (χ2v) is 5.80. The first-order chi connectivity index (χ1) is 12.0. The van der Waals surface area contributed by atoms with E-state index in [0.29, 0.717) is 18.7 Å². The van der Waals surface area contributed by atoms with E-state index in [2.05, 4.69) is 15.6 Å². The van der Waals surface area contributed by atoms with Gasteiger partial charge in [0.2, 0.25) is 0 Å². The molecule has 1 aromatic heterocycles. The van der Waals surface area contributed by atoms with Gasteiger partial charge in [-0.25, -0.2) is 0 Å². The Hall–Kier alpha value is -2.73. The molecule has 0 unspecified atom stereocenters. The Kier molecular flexibility index (Phi) is 6.65. The lowest BCUT2D eigenvalue weighted by atomic mass is 10.1. The van der Waals surface area contributed by atoms with Gasteiger partial charge in [0.25, 0.3) is 11.8 Å². The van der Waals surface area contributed by atoms with Crippen molar-refractivity contribution in [2.24, 2.45) is 0 Å². The number of aryl methyl sites for hydroxylation is 2. The summed E-state index contributed by atoms with van der Waals surface area (Å²) in [6, 6.07) is 8.88. The highest BCUT2D eigenvalue weighted by Crippen LogP contribution is 2.17. The van der Waals surface area contributed by atoms with Gasteiger partial charge in [-0.15, -0.1) is 0 Å². The minimum Gasteiger partial charge on any atom is -0.385 e. The Morgan fingerprint density at radius 1 is 1.12 bits per heavy atom. The second-order valence-electron chi connectivity index (χ2n) is 5.80. The summed E-state index contributed by atoms with van der Waals surface area (Å²) in [5.74, 6) is -0.583. The first-order valence-corrected chi connectivity index (χ1v) is 8.13. The summed E-state index contributed by atoms with van der Waals surface area (Å²) in [6.45, 7) is 5.01. The number of methoxy groups -OCH3 is 1. The lowest BCUT2D eigenvalue weighted by Gasteiger charge is -2.10. The van der Waals surface area contributed by atoms with Gasteiger partial charge in [0.1, 0.15) is 5.69 Å². The molecule has 2 rings (SSSR count). The third kappa shape index (κ3) is 5.39. The molecule has 0 aliphatic rings. The number of pyridine rings is 1. The maximum atomic E-state index is 12.4. The summed E-state index contributed by atoms with van der Waals surface area (Å²) >= 11 is 0. The van der Waals surface area contributed by atoms with Crippen molar-refractivity contribution in [3.8, 4) is 0 Å². The summed E-state index contributed by atoms with van der Waals surface area (Å²) in [6.07, 6.45) is 2.18. The zero-order valence-corrected chi connectivity index (χ0v) is 14.8. The molecule has 0 fully saturated rings. The van der Waals surface area contributed by atoms with Crippen molar-refractivity contribution >= 4 is 17.5 Å². The van der Waals surface area contributed by atoms with E-state index < -0.39 is 0 Å². The molecule has 2 amide bonds. The second kappa shape index (κ2) is 8.94. The highest BCUT2D eigenvalue weighted by molar-refractivity contribution is 6.06. The Bertz CT molecular complexity index is 759. The SMILES string of the molecule is COCCCNC(=O)c1cc(C(=O)Nc2ccc(C)cc2C)ccn1. The van der Waals surface area contributed by atoms with Crippen LogP contribution < -0.4 is 10.6 Å². The fourth-order valence-corrected chi connectivity index (χ4v) is 2.35. The maximum Gasteiger partial charge on any atom is 0.269 e. The molecule has 132 valence electrons. The number of nitrogens with one attached hydrogen (secondary N) is 2. The third-order valence-corrected chi connectivity index (χ3v) is 3.70. The minimum absolute atomic E-state index is 0.214. The molecule has 0 saturated heterocycles. The summed E-state index contributed by atoms with van der Waals surface area (Å²) in [5.41, 5.74) is 3.46. The molecular formula is C19H23N3O3. The van der Waals surface area contributed by atoms with Crippen molar-refractivity contribution in [1.29, 1.82) is 0 Å². The van der Waals surface area contributed by atoms with Gasteiger partial charge in [0.15, 0.2) is 0 Å². The molecular weight excluding hydrogens is 318 g/mol. The molecule has 0 spiro atoms. The average molecular weight is 341 g/mol. The Balaban J connectivity index is 2.04. The number of hydrogen-bond acceptors (Lipinski definition) is 4. The Morgan fingerprint density at radius 2 is 1.92 bits per heavy atom. The van der Waals surface area contributed by atoms with E-state index >= 15 is 0 Å². The molecule has 0 atom stereocenters. The number of nitrogens with zero attached hydrogens (tertiary/aromatic N) is 1. The van der Waals surface area contributed by atoms with Crippen LogP contribution in [0.4, 0.5) is 5.69 Å². The monoisotopic (exact) mass is 341 g/mol. The van der Waals surface area contributed by atoms with Gasteiger partial charge in [0.05, 0.1) is 0 Å². The lowest BCUT2D eigenvalue weighted by Crippen LogP contribution is -2.26. The molecule has 0 saturated carbocycles. The van der Waals surface area contributed by atoms with E-state index in [9.17, 15) is 9.59 Å². The van der Waals surface area contributed by atoms with E-state index in [-0.39, 0.29) is 17.5 Å². The van der Waals surface area contributed by atoms with Crippen molar-refractivity contribution in [2.45, 2.75) is 20.3 Å². The zero-order valence-electron chi connectivity index (χ0n) is 14.8. The molecule has 0 aliphatic heterocycles. The van der Waals surface area contributed by atoms with Crippen molar-refractivity contribution in [1.82, 2.24) is 10.3 Å². The van der Waals surface area contributed by atoms with Crippen LogP contribution in [0.2, 0.25) is 0 Å². The van der Waals surface area contributed by atoms with Gasteiger partial charge in [-0.3, -0.25) is 14.6 Å². The highest BCUT2D eigenvalue weighted by Gasteiger charge is 2.12. The maximum absolute atomic E-state index is 12.4. The fourth-order valence-electron chi connectivity index (χ4n) is 2.35. The fraction of sp³-hybridized carbons (Fsp3) is 0.316. The molecule has 0 aliphatic carbocycles. The summed E-state index contributed by atoms with van der Waals surface area (Å²) in [4.78, 5) is 28.6. The predicted molar refractivity (Wildman–Crippen MR) is 96.9 cm³/mol. The molecule has 6 heteroatoms. The molecule has 6 nitrogen and oxygen atoms in total. The number of rotatable bonds is 7. The topological polar surface area (TPSA) is 80.3 Å². The van der Waals surface area contributed by atoms with Crippen LogP contribution in [0, 0.1) is 13.8 Å². The minimum atomic E-state index is -0.308. The summed E-state index contributed by atoms with van der Waals surface area (Å²) in [5, 5.41) is 5.62. The first-order valence-electron chi connectivity index (χ1n) is 8.13. The number of ether oxygens (including phenoxy) is 1. The molecule has 0 bridgehead atoms. The normalized spacial score (nSPS) is 10.4. The van der Waals surface area contributed by atoms with Gasteiger partial charge in [-0.2, -0.15) is 0 Å². The third-order valence-electron chi connectivity index (χ3n) is 3.70. The number of carbonyl (C=O) groups is 2. The van der Waals surface area contributed by atoms with Gasteiger partial charge in [-0.05, 0) is 44.0 Å². The van der Waals surface area contributed by atoms with E-state index in [1.165, 1.54) is 12.3 Å². The molecule has 2 N–H and O–H groups in total. The number of amides is 2. The largest absolute Gasteiger partial charge is 0.385 e. The molecule has 25 heavy (non-hydrogen) atoms. The van der Waals surface area contributed by atoms with Crippen LogP contribution in [0.15, 0.2) is 36.5 Å².